The molecule has 3 rings (SSSR count). The molecule has 0 saturated heterocycles. The van der Waals surface area contributed by atoms with E-state index in [2.05, 4.69) is 10.3 Å². The van der Waals surface area contributed by atoms with Gasteiger partial charge >= 0.3 is 0 Å². The van der Waals surface area contributed by atoms with Crippen molar-refractivity contribution in [3.05, 3.63) is 58.8 Å². The number of aryl methyl sites for hydroxylation is 1. The molecule has 0 spiro atoms. The quantitative estimate of drug-likeness (QED) is 0.469. The van der Waals surface area contributed by atoms with Crippen molar-refractivity contribution in [2.45, 2.75) is 19.8 Å². The summed E-state index contributed by atoms with van der Waals surface area (Å²) < 4.78 is 0. The lowest BCUT2D eigenvalue weighted by Crippen LogP contribution is -2.41. The van der Waals surface area contributed by atoms with Crippen molar-refractivity contribution < 1.29 is 14.4 Å². The molecule has 9 nitrogen and oxygen atoms in total. The molecule has 2 aliphatic heterocycles. The first kappa shape index (κ1) is 20.1. The predicted octanol–water partition coefficient (Wildman–Crippen LogP) is -0.0456. The van der Waals surface area contributed by atoms with Crippen LogP contribution in [0.4, 0.5) is 0 Å². The zero-order valence-electron chi connectivity index (χ0n) is 16.4. The number of pyridine rings is 1. The molecule has 0 saturated carbocycles. The molecule has 3 heterocycles. The van der Waals surface area contributed by atoms with Gasteiger partial charge in [0.25, 0.3) is 11.8 Å². The molecule has 0 atom stereocenters. The summed E-state index contributed by atoms with van der Waals surface area (Å²) in [5.41, 5.74) is 14.9. The summed E-state index contributed by atoms with van der Waals surface area (Å²) in [7, 11) is 1.45. The number of likely N-dealkylation sites (N-methyl/N-ethyl adjacent to an activating group) is 1. The number of nitrogens with one attached hydrogen (secondary N) is 1. The zero-order chi connectivity index (χ0) is 21.1. The van der Waals surface area contributed by atoms with Gasteiger partial charge < -0.3 is 21.7 Å². The van der Waals surface area contributed by atoms with Crippen molar-refractivity contribution >= 4 is 23.4 Å². The van der Waals surface area contributed by atoms with Crippen LogP contribution in [0.5, 0.6) is 0 Å². The number of hydrogen-bond acceptors (Lipinski definition) is 7. The van der Waals surface area contributed by atoms with Gasteiger partial charge in [0, 0.05) is 42.8 Å². The lowest BCUT2D eigenvalue weighted by Gasteiger charge is -2.28. The molecule has 9 heteroatoms. The van der Waals surface area contributed by atoms with E-state index in [1.807, 2.05) is 13.0 Å². The summed E-state index contributed by atoms with van der Waals surface area (Å²) in [6.07, 6.45) is 7.69. The van der Waals surface area contributed by atoms with Gasteiger partial charge in [-0.2, -0.15) is 0 Å². The highest BCUT2D eigenvalue weighted by molar-refractivity contribution is 6.19. The topological polar surface area (TPSA) is 135 Å². The lowest BCUT2D eigenvalue weighted by molar-refractivity contribution is -0.136. The van der Waals surface area contributed by atoms with Crippen LogP contribution in [0.3, 0.4) is 0 Å². The molecular formula is C20H24N6O3. The monoisotopic (exact) mass is 396 g/mol. The van der Waals surface area contributed by atoms with E-state index in [-0.39, 0.29) is 30.1 Å². The van der Waals surface area contributed by atoms with Crippen LogP contribution in [0.1, 0.15) is 24.0 Å². The van der Waals surface area contributed by atoms with E-state index in [1.54, 1.807) is 23.4 Å². The summed E-state index contributed by atoms with van der Waals surface area (Å²) >= 11 is 0. The minimum Gasteiger partial charge on any atom is -0.398 e. The Labute approximate surface area is 168 Å². The summed E-state index contributed by atoms with van der Waals surface area (Å²) in [6, 6.07) is 1.89. The number of rotatable bonds is 5. The van der Waals surface area contributed by atoms with Crippen LogP contribution >= 0.6 is 0 Å². The van der Waals surface area contributed by atoms with Gasteiger partial charge in [-0.3, -0.25) is 24.3 Å². The Morgan fingerprint density at radius 3 is 2.72 bits per heavy atom. The highest BCUT2D eigenvalue weighted by Crippen LogP contribution is 2.30. The Morgan fingerprint density at radius 2 is 2.00 bits per heavy atom. The third kappa shape index (κ3) is 4.29. The van der Waals surface area contributed by atoms with E-state index in [1.165, 1.54) is 13.1 Å². The molecule has 3 amide bonds. The maximum Gasteiger partial charge on any atom is 0.277 e. The van der Waals surface area contributed by atoms with E-state index < -0.39 is 0 Å². The van der Waals surface area contributed by atoms with Crippen molar-refractivity contribution in [2.75, 3.05) is 20.1 Å². The van der Waals surface area contributed by atoms with Crippen LogP contribution in [0.25, 0.3) is 5.70 Å². The molecule has 29 heavy (non-hydrogen) atoms. The third-order valence-corrected chi connectivity index (χ3v) is 4.80. The fourth-order valence-corrected chi connectivity index (χ4v) is 3.36. The van der Waals surface area contributed by atoms with Crippen molar-refractivity contribution in [1.29, 1.82) is 0 Å². The van der Waals surface area contributed by atoms with Gasteiger partial charge in [-0.1, -0.05) is 0 Å². The fraction of sp³-hybridized carbons (Fsp3) is 0.300. The van der Waals surface area contributed by atoms with Gasteiger partial charge in [0.05, 0.1) is 6.54 Å². The maximum atomic E-state index is 12.4. The smallest absolute Gasteiger partial charge is 0.277 e. The van der Waals surface area contributed by atoms with Gasteiger partial charge in [-0.25, -0.2) is 0 Å². The van der Waals surface area contributed by atoms with E-state index in [4.69, 9.17) is 11.5 Å². The maximum absolute atomic E-state index is 12.4. The third-order valence-electron chi connectivity index (χ3n) is 4.80. The molecule has 0 unspecified atom stereocenters. The first-order chi connectivity index (χ1) is 13.8. The Balaban J connectivity index is 1.64. The summed E-state index contributed by atoms with van der Waals surface area (Å²) in [4.78, 5) is 43.6. The van der Waals surface area contributed by atoms with Crippen molar-refractivity contribution in [3.8, 4) is 0 Å². The highest BCUT2D eigenvalue weighted by atomic mass is 16.2. The van der Waals surface area contributed by atoms with Crippen molar-refractivity contribution in [3.63, 3.8) is 0 Å². The standard InChI is InChI=1S/C20H24N6O3/c1-12-8-13(10-23-9-12)15(21)5-6-16(22)24-17(27)11-26-7-3-4-14-18(26)20(29)25(2)19(14)28/h5-6,8-10H,3-4,7,11,21-22H2,1-2H3,(H,24,27)/b15-5-,16-6+. The second kappa shape index (κ2) is 8.17. The minimum atomic E-state index is -0.383. The highest BCUT2D eigenvalue weighted by Gasteiger charge is 2.40. The number of carbonyl (C=O) groups excluding carboxylic acids is 3. The fourth-order valence-electron chi connectivity index (χ4n) is 3.36. The van der Waals surface area contributed by atoms with Crippen molar-refractivity contribution in [1.82, 2.24) is 20.1 Å². The van der Waals surface area contributed by atoms with Gasteiger partial charge in [0.2, 0.25) is 5.91 Å². The molecule has 0 aromatic carbocycles. The number of amides is 3. The molecule has 0 fully saturated rings. The Kier molecular flexibility index (Phi) is 5.67. The summed E-state index contributed by atoms with van der Waals surface area (Å²) in [6.45, 7) is 2.37. The molecular weight excluding hydrogens is 372 g/mol. The second-order valence-electron chi connectivity index (χ2n) is 7.06. The lowest BCUT2D eigenvalue weighted by atomic mass is 10.0. The largest absolute Gasteiger partial charge is 0.398 e. The first-order valence-corrected chi connectivity index (χ1v) is 9.23. The predicted molar refractivity (Wildman–Crippen MR) is 107 cm³/mol. The average molecular weight is 396 g/mol. The van der Waals surface area contributed by atoms with Crippen LogP contribution in [0.15, 0.2) is 47.7 Å². The normalized spacial score (nSPS) is 17.7. The number of hydrogen-bond donors (Lipinski definition) is 3. The average Bonchev–Trinajstić information content (AvgIpc) is 2.91. The molecule has 1 aromatic heterocycles. The van der Waals surface area contributed by atoms with Crippen LogP contribution in [-0.2, 0) is 14.4 Å². The molecule has 0 bridgehead atoms. The van der Waals surface area contributed by atoms with Gasteiger partial charge in [-0.15, -0.1) is 0 Å². The van der Waals surface area contributed by atoms with Crippen LogP contribution in [0, 0.1) is 6.92 Å². The number of nitrogens with zero attached hydrogens (tertiary/aromatic N) is 3. The van der Waals surface area contributed by atoms with E-state index in [9.17, 15) is 14.4 Å². The van der Waals surface area contributed by atoms with E-state index in [0.717, 1.165) is 16.0 Å². The molecule has 0 aliphatic carbocycles. The number of carbonyl (C=O) groups is 3. The number of nitrogens with two attached hydrogens (primary N) is 2. The molecule has 0 radical (unpaired) electrons. The van der Waals surface area contributed by atoms with Crippen LogP contribution in [0.2, 0.25) is 0 Å². The van der Waals surface area contributed by atoms with Crippen LogP contribution in [-0.4, -0.2) is 52.6 Å². The van der Waals surface area contributed by atoms with Gasteiger partial charge in [0.1, 0.15) is 11.5 Å². The summed E-state index contributed by atoms with van der Waals surface area (Å²) in [5, 5.41) is 2.57. The minimum absolute atomic E-state index is 0.0682. The number of allylic oxidation sites excluding steroid dienone is 2. The molecule has 152 valence electrons. The Morgan fingerprint density at radius 1 is 1.24 bits per heavy atom. The SMILES string of the molecule is Cc1cncc(/C(N)=C/C=C(\N)NC(=O)CN2CCCC3=C2C(=O)N(C)C3=O)c1. The van der Waals surface area contributed by atoms with Crippen molar-refractivity contribution in [2.24, 2.45) is 11.5 Å². The number of aromatic nitrogens is 1. The molecule has 5 N–H and O–H groups in total. The van der Waals surface area contributed by atoms with E-state index >= 15 is 0 Å². The summed E-state index contributed by atoms with van der Waals surface area (Å²) in [5.74, 6) is -0.925. The van der Waals surface area contributed by atoms with Crippen LogP contribution < -0.4 is 16.8 Å². The van der Waals surface area contributed by atoms with Gasteiger partial charge in [-0.05, 0) is 43.5 Å². The second-order valence-corrected chi connectivity index (χ2v) is 7.06. The number of imide groups is 1. The molecule has 2 aliphatic rings. The first-order valence-electron chi connectivity index (χ1n) is 9.23. The van der Waals surface area contributed by atoms with E-state index in [0.29, 0.717) is 36.4 Å². The Hall–Kier alpha value is -3.62. The molecule has 1 aromatic rings. The van der Waals surface area contributed by atoms with Gasteiger partial charge in [0.15, 0.2) is 0 Å². The Bertz CT molecular complexity index is 963. The zero-order valence-corrected chi connectivity index (χ0v) is 16.4.